The molecule has 0 fully saturated rings. The molecule has 0 amide bonds. The van der Waals surface area contributed by atoms with Crippen LogP contribution in [0, 0.1) is 24.3 Å². The van der Waals surface area contributed by atoms with Crippen LogP contribution in [0.3, 0.4) is 0 Å². The van der Waals surface area contributed by atoms with Crippen LogP contribution < -0.4 is 9.47 Å². The third kappa shape index (κ3) is 6.36. The normalized spacial score (nSPS) is 11.3. The standard InChI is InChI=1S/C48H25N9O2.2Pt/c1-3-8-40-34(6-1)36-14-10-30(24-42(36)55(40)46-28-49-20-22-51-46)58-32-12-16-38-39-17-13-33(27-45(39)57(44(38)26-32)48-53-18-5-19-54-48)59-31-11-15-37-35-7-2-4-9-41(35)56(43(37)25-31)47-29-50-21-23-52-47;;/h1-23,28-29H;;/q-4;2*+2. The Hall–Kier alpha value is -7.06. The molecule has 12 aromatic rings. The molecule has 61 heavy (non-hydrogen) atoms. The molecule has 0 aliphatic rings. The first-order chi connectivity index (χ1) is 29.2. The Kier molecular flexibility index (Phi) is 9.70. The van der Waals surface area contributed by atoms with Gasteiger partial charge in [-0.05, 0) is 29.0 Å². The van der Waals surface area contributed by atoms with Crippen molar-refractivity contribution in [3.05, 3.63) is 177 Å². The Bertz CT molecular complexity index is 3360. The number of benzene rings is 6. The summed E-state index contributed by atoms with van der Waals surface area (Å²) in [4.78, 5) is 27.1. The van der Waals surface area contributed by atoms with Gasteiger partial charge in [-0.3, -0.25) is 9.97 Å². The molecule has 0 saturated heterocycles. The first kappa shape index (κ1) is 38.2. The fourth-order valence-corrected chi connectivity index (χ4v) is 7.95. The molecule has 0 bridgehead atoms. The SMILES string of the molecule is [Pt+2].[Pt+2].[c-]1c(Oc2[c-]c3c(cc2)c2ccccc2n3-c2cnccn2)ccc2c3ccc(Oc4[c-]c5c(cc4)c4ccccc4n5-c4cnccn4)[c-]c3n(-c3ncccn3)c12. The van der Waals surface area contributed by atoms with Gasteiger partial charge in [-0.1, -0.05) is 58.5 Å². The molecule has 13 heteroatoms. The van der Waals surface area contributed by atoms with Crippen LogP contribution >= 0.6 is 0 Å². The Morgan fingerprint density at radius 1 is 0.361 bits per heavy atom. The molecule has 0 spiro atoms. The molecule has 294 valence electrons. The zero-order valence-corrected chi connectivity index (χ0v) is 36.0. The molecule has 0 N–H and O–H groups in total. The Labute approximate surface area is 375 Å². The topological polar surface area (TPSA) is 111 Å². The van der Waals surface area contributed by atoms with Crippen LogP contribution in [0.15, 0.2) is 153 Å². The number of nitrogens with zero attached hydrogens (tertiary/aromatic N) is 9. The summed E-state index contributed by atoms with van der Waals surface area (Å²) in [5.74, 6) is 3.87. The van der Waals surface area contributed by atoms with Crippen molar-refractivity contribution in [2.45, 2.75) is 0 Å². The van der Waals surface area contributed by atoms with E-state index in [1.54, 1.807) is 55.6 Å². The van der Waals surface area contributed by atoms with Gasteiger partial charge in [-0.15, -0.1) is 59.3 Å². The molecule has 0 atom stereocenters. The molecule has 0 unspecified atom stereocenters. The van der Waals surface area contributed by atoms with Crippen LogP contribution in [0.5, 0.6) is 23.0 Å². The summed E-state index contributed by atoms with van der Waals surface area (Å²) >= 11 is 0. The van der Waals surface area contributed by atoms with Crippen LogP contribution in [-0.4, -0.2) is 43.6 Å². The Morgan fingerprint density at radius 2 is 0.754 bits per heavy atom. The fraction of sp³-hybridized carbons (Fsp3) is 0. The molecule has 0 aliphatic carbocycles. The Morgan fingerprint density at radius 3 is 1.16 bits per heavy atom. The average molecular weight is 1150 g/mol. The van der Waals surface area contributed by atoms with Crippen LogP contribution in [0.2, 0.25) is 0 Å². The summed E-state index contributed by atoms with van der Waals surface area (Å²) in [6, 6.07) is 48.0. The van der Waals surface area contributed by atoms with Gasteiger partial charge in [-0.25, -0.2) is 19.9 Å². The second-order valence-electron chi connectivity index (χ2n) is 13.8. The van der Waals surface area contributed by atoms with Gasteiger partial charge < -0.3 is 23.2 Å². The Balaban J connectivity index is 0.00000223. The van der Waals surface area contributed by atoms with Crippen LogP contribution in [-0.2, 0) is 42.1 Å². The van der Waals surface area contributed by atoms with E-state index in [1.807, 2.05) is 86.5 Å². The van der Waals surface area contributed by atoms with Crippen molar-refractivity contribution in [1.29, 1.82) is 0 Å². The van der Waals surface area contributed by atoms with E-state index in [2.05, 4.69) is 78.4 Å². The van der Waals surface area contributed by atoms with E-state index >= 15 is 0 Å². The minimum atomic E-state index is 0. The molecule has 6 aromatic heterocycles. The van der Waals surface area contributed by atoms with Crippen molar-refractivity contribution in [1.82, 2.24) is 43.6 Å². The number of aromatic nitrogens is 9. The number of hydrogen-bond donors (Lipinski definition) is 0. The van der Waals surface area contributed by atoms with Crippen molar-refractivity contribution < 1.29 is 51.6 Å². The van der Waals surface area contributed by atoms with Gasteiger partial charge in [0.05, 0.1) is 12.4 Å². The van der Waals surface area contributed by atoms with Crippen molar-refractivity contribution in [3.63, 3.8) is 0 Å². The summed E-state index contributed by atoms with van der Waals surface area (Å²) in [6.45, 7) is 0. The van der Waals surface area contributed by atoms with Crippen molar-refractivity contribution in [2.75, 3.05) is 0 Å². The average Bonchev–Trinajstić information content (AvgIpc) is 3.92. The fourth-order valence-electron chi connectivity index (χ4n) is 7.95. The number of fused-ring (bicyclic) bond motifs is 9. The molecule has 0 radical (unpaired) electrons. The van der Waals surface area contributed by atoms with E-state index in [0.717, 1.165) is 54.4 Å². The molecule has 0 aliphatic heterocycles. The van der Waals surface area contributed by atoms with E-state index in [4.69, 9.17) is 9.47 Å². The van der Waals surface area contributed by atoms with Gasteiger partial charge in [0, 0.05) is 71.2 Å². The summed E-state index contributed by atoms with van der Waals surface area (Å²) < 4.78 is 19.0. The maximum absolute atomic E-state index is 6.51. The second kappa shape index (κ2) is 15.5. The van der Waals surface area contributed by atoms with E-state index in [-0.39, 0.29) is 42.1 Å². The van der Waals surface area contributed by atoms with E-state index < -0.39 is 0 Å². The molecule has 11 nitrogen and oxygen atoms in total. The van der Waals surface area contributed by atoms with Crippen molar-refractivity contribution in [3.8, 4) is 40.6 Å². The minimum Gasteiger partial charge on any atom is -0.509 e. The third-order valence-electron chi connectivity index (χ3n) is 10.4. The van der Waals surface area contributed by atoms with Gasteiger partial charge in [0.2, 0.25) is 5.95 Å². The van der Waals surface area contributed by atoms with Gasteiger partial charge in [-0.2, -0.15) is 35.0 Å². The number of para-hydroxylation sites is 2. The van der Waals surface area contributed by atoms with Gasteiger partial charge in [0.25, 0.3) is 0 Å². The van der Waals surface area contributed by atoms with Gasteiger partial charge in [0.15, 0.2) is 11.6 Å². The monoisotopic (exact) mass is 1150 g/mol. The van der Waals surface area contributed by atoms with E-state index in [9.17, 15) is 0 Å². The first-order valence-corrected chi connectivity index (χ1v) is 18.7. The molecule has 12 rings (SSSR count). The summed E-state index contributed by atoms with van der Waals surface area (Å²) in [6.07, 6.45) is 13.6. The van der Waals surface area contributed by atoms with E-state index in [1.165, 1.54) is 0 Å². The second-order valence-corrected chi connectivity index (χ2v) is 13.8. The van der Waals surface area contributed by atoms with Crippen molar-refractivity contribution in [2.24, 2.45) is 0 Å². The molecule has 6 heterocycles. The van der Waals surface area contributed by atoms with Gasteiger partial charge in [0.1, 0.15) is 0 Å². The molecule has 0 saturated carbocycles. The van der Waals surface area contributed by atoms with E-state index in [0.29, 0.717) is 51.6 Å². The van der Waals surface area contributed by atoms with Crippen LogP contribution in [0.1, 0.15) is 0 Å². The number of rotatable bonds is 7. The summed E-state index contributed by atoms with van der Waals surface area (Å²) in [5, 5.41) is 6.06. The molecular formula is C48H25N9O2Pt2. The summed E-state index contributed by atoms with van der Waals surface area (Å²) in [7, 11) is 0. The molecular weight excluding hydrogens is 1120 g/mol. The number of hydrogen-bond acceptors (Lipinski definition) is 8. The zero-order chi connectivity index (χ0) is 38.9. The largest absolute Gasteiger partial charge is 2.00 e. The predicted molar refractivity (Wildman–Crippen MR) is 225 cm³/mol. The van der Waals surface area contributed by atoms with Crippen molar-refractivity contribution >= 4 is 65.4 Å². The minimum absolute atomic E-state index is 0. The van der Waals surface area contributed by atoms with Crippen LogP contribution in [0.25, 0.3) is 83.0 Å². The van der Waals surface area contributed by atoms with Gasteiger partial charge >= 0.3 is 42.1 Å². The third-order valence-corrected chi connectivity index (χ3v) is 10.4. The maximum atomic E-state index is 6.51. The molecule has 6 aromatic carbocycles. The first-order valence-electron chi connectivity index (χ1n) is 18.7. The smallest absolute Gasteiger partial charge is 0.509 e. The van der Waals surface area contributed by atoms with Crippen LogP contribution in [0.4, 0.5) is 0 Å². The predicted octanol–water partition coefficient (Wildman–Crippen LogP) is 10.1. The number of ether oxygens (including phenoxy) is 2. The maximum Gasteiger partial charge on any atom is 2.00 e. The quantitative estimate of drug-likeness (QED) is 0.145. The zero-order valence-electron chi connectivity index (χ0n) is 31.4. The summed E-state index contributed by atoms with van der Waals surface area (Å²) in [5.41, 5.74) is 5.08.